The molecule has 0 fully saturated rings. The van der Waals surface area contributed by atoms with Gasteiger partial charge < -0.3 is 5.11 Å². The van der Waals surface area contributed by atoms with Crippen LogP contribution in [0.2, 0.25) is 0 Å². The molecule has 0 bridgehead atoms. The van der Waals surface area contributed by atoms with Crippen LogP contribution in [0.4, 0.5) is 0 Å². The Morgan fingerprint density at radius 1 is 1.31 bits per heavy atom. The highest BCUT2D eigenvalue weighted by Crippen LogP contribution is 2.32. The average Bonchev–Trinajstić information content (AvgIpc) is 2.17. The summed E-state index contributed by atoms with van der Waals surface area (Å²) in [6, 6.07) is 7.00. The van der Waals surface area contributed by atoms with Crippen molar-refractivity contribution in [3.05, 3.63) is 35.4 Å². The Kier molecular flexibility index (Phi) is 4.62. The van der Waals surface area contributed by atoms with Crippen molar-refractivity contribution >= 4 is 40.6 Å². The van der Waals surface area contributed by atoms with Crippen molar-refractivity contribution in [2.75, 3.05) is 0 Å². The first-order valence-corrected chi connectivity index (χ1v) is 5.79. The Balaban J connectivity index is 2.70. The second-order valence-electron chi connectivity index (χ2n) is 3.55. The number of carbonyl (C=O) groups is 1. The number of aliphatic hydroxyl groups is 1. The van der Waals surface area contributed by atoms with E-state index in [0.29, 0.717) is 5.56 Å². The molecule has 0 aromatic heterocycles. The summed E-state index contributed by atoms with van der Waals surface area (Å²) in [4.78, 5) is 11.7. The molecule has 88 valence electrons. The molecule has 0 radical (unpaired) electrons. The van der Waals surface area contributed by atoms with Crippen LogP contribution in [-0.4, -0.2) is 20.8 Å². The highest BCUT2D eigenvalue weighted by molar-refractivity contribution is 6.68. The maximum atomic E-state index is 11.7. The van der Waals surface area contributed by atoms with Crippen LogP contribution in [0, 0.1) is 6.92 Å². The van der Waals surface area contributed by atoms with Gasteiger partial charge in [0, 0.05) is 12.0 Å². The molecule has 0 aliphatic carbocycles. The number of Topliss-reactive ketones (excluding diaryl/α,β-unsaturated/α-hetero) is 1. The van der Waals surface area contributed by atoms with E-state index in [1.165, 1.54) is 0 Å². The Labute approximate surface area is 109 Å². The number of carbonyl (C=O) groups excluding carboxylic acids is 1. The van der Waals surface area contributed by atoms with Crippen molar-refractivity contribution in [3.8, 4) is 0 Å². The highest BCUT2D eigenvalue weighted by atomic mass is 35.6. The predicted molar refractivity (Wildman–Crippen MR) is 66.4 cm³/mol. The maximum Gasteiger partial charge on any atom is 0.216 e. The van der Waals surface area contributed by atoms with E-state index < -0.39 is 9.90 Å². The van der Waals surface area contributed by atoms with Crippen molar-refractivity contribution in [3.63, 3.8) is 0 Å². The molecule has 16 heavy (non-hydrogen) atoms. The molecule has 0 heterocycles. The molecule has 0 spiro atoms. The van der Waals surface area contributed by atoms with Gasteiger partial charge in [-0.25, -0.2) is 0 Å². The van der Waals surface area contributed by atoms with E-state index in [1.807, 2.05) is 19.1 Å². The van der Waals surface area contributed by atoms with Gasteiger partial charge in [0.05, 0.1) is 0 Å². The number of hydrogen-bond donors (Lipinski definition) is 1. The number of hydrogen-bond acceptors (Lipinski definition) is 2. The van der Waals surface area contributed by atoms with Gasteiger partial charge in [0.2, 0.25) is 3.79 Å². The van der Waals surface area contributed by atoms with Crippen LogP contribution in [0.15, 0.2) is 24.3 Å². The largest absolute Gasteiger partial charge is 0.388 e. The van der Waals surface area contributed by atoms with Gasteiger partial charge in [0.15, 0.2) is 5.78 Å². The molecule has 1 atom stereocenters. The van der Waals surface area contributed by atoms with E-state index >= 15 is 0 Å². The molecule has 1 aromatic rings. The summed E-state index contributed by atoms with van der Waals surface area (Å²) in [6.45, 7) is 1.92. The van der Waals surface area contributed by atoms with Crippen LogP contribution in [0.25, 0.3) is 0 Å². The Hall–Kier alpha value is -0.280. The standard InChI is InChI=1S/C11H11Cl3O2/c1-7-2-4-8(5-3-7)9(15)6-10(16)11(12,13)14/h2-5,10,16H,6H2,1H3/t10-/m1/s1. The molecular formula is C11H11Cl3O2. The number of alkyl halides is 3. The lowest BCUT2D eigenvalue weighted by atomic mass is 10.0. The van der Waals surface area contributed by atoms with E-state index in [1.54, 1.807) is 12.1 Å². The molecule has 2 nitrogen and oxygen atoms in total. The number of halogens is 3. The van der Waals surface area contributed by atoms with Crippen molar-refractivity contribution < 1.29 is 9.90 Å². The molecule has 5 heteroatoms. The minimum atomic E-state index is -1.83. The van der Waals surface area contributed by atoms with E-state index in [2.05, 4.69) is 0 Å². The summed E-state index contributed by atoms with van der Waals surface area (Å²) >= 11 is 16.4. The van der Waals surface area contributed by atoms with Crippen molar-refractivity contribution in [2.24, 2.45) is 0 Å². The molecule has 0 amide bonds. The fraction of sp³-hybridized carbons (Fsp3) is 0.364. The summed E-state index contributed by atoms with van der Waals surface area (Å²) in [5.74, 6) is -0.251. The van der Waals surface area contributed by atoms with Gasteiger partial charge in [-0.1, -0.05) is 64.6 Å². The van der Waals surface area contributed by atoms with Crippen molar-refractivity contribution in [1.29, 1.82) is 0 Å². The monoisotopic (exact) mass is 280 g/mol. The van der Waals surface area contributed by atoms with Crippen LogP contribution in [0.3, 0.4) is 0 Å². The lowest BCUT2D eigenvalue weighted by Crippen LogP contribution is -2.28. The fourth-order valence-electron chi connectivity index (χ4n) is 1.15. The lowest BCUT2D eigenvalue weighted by molar-refractivity contribution is 0.0885. The Morgan fingerprint density at radius 3 is 2.25 bits per heavy atom. The summed E-state index contributed by atoms with van der Waals surface area (Å²) in [7, 11) is 0. The van der Waals surface area contributed by atoms with Crippen LogP contribution in [0.5, 0.6) is 0 Å². The van der Waals surface area contributed by atoms with Crippen LogP contribution in [-0.2, 0) is 0 Å². The molecule has 1 rings (SSSR count). The number of aliphatic hydroxyl groups excluding tert-OH is 1. The van der Waals surface area contributed by atoms with E-state index in [4.69, 9.17) is 34.8 Å². The predicted octanol–water partition coefficient (Wildman–Crippen LogP) is 3.30. The second-order valence-corrected chi connectivity index (χ2v) is 5.92. The van der Waals surface area contributed by atoms with Crippen LogP contribution < -0.4 is 0 Å². The van der Waals surface area contributed by atoms with Gasteiger partial charge in [0.25, 0.3) is 0 Å². The molecule has 0 unspecified atom stereocenters. The molecule has 0 aliphatic rings. The van der Waals surface area contributed by atoms with Gasteiger partial charge in [-0.15, -0.1) is 0 Å². The Bertz CT molecular complexity index is 368. The van der Waals surface area contributed by atoms with Gasteiger partial charge in [-0.2, -0.15) is 0 Å². The van der Waals surface area contributed by atoms with Gasteiger partial charge in [-0.3, -0.25) is 4.79 Å². The zero-order chi connectivity index (χ0) is 12.3. The summed E-state index contributed by atoms with van der Waals surface area (Å²) in [6.07, 6.45) is -1.51. The number of aryl methyl sites for hydroxylation is 1. The molecule has 0 aliphatic heterocycles. The van der Waals surface area contributed by atoms with E-state index in [0.717, 1.165) is 5.56 Å². The van der Waals surface area contributed by atoms with Crippen LogP contribution >= 0.6 is 34.8 Å². The fourth-order valence-corrected chi connectivity index (χ4v) is 1.38. The minimum absolute atomic E-state index is 0.209. The Morgan fingerprint density at radius 2 is 1.81 bits per heavy atom. The topological polar surface area (TPSA) is 37.3 Å². The van der Waals surface area contributed by atoms with Gasteiger partial charge in [0.1, 0.15) is 6.10 Å². The van der Waals surface area contributed by atoms with E-state index in [-0.39, 0.29) is 12.2 Å². The molecule has 1 N–H and O–H groups in total. The SMILES string of the molecule is Cc1ccc(C(=O)C[C@@H](O)C(Cl)(Cl)Cl)cc1. The van der Waals surface area contributed by atoms with Gasteiger partial charge in [-0.05, 0) is 6.92 Å². The maximum absolute atomic E-state index is 11.7. The normalized spacial score (nSPS) is 13.6. The number of rotatable bonds is 3. The lowest BCUT2D eigenvalue weighted by Gasteiger charge is -2.17. The van der Waals surface area contributed by atoms with E-state index in [9.17, 15) is 9.90 Å². The zero-order valence-electron chi connectivity index (χ0n) is 8.58. The number of benzene rings is 1. The average molecular weight is 282 g/mol. The first-order chi connectivity index (χ1) is 7.30. The third-order valence-corrected chi connectivity index (χ3v) is 2.89. The number of ketones is 1. The molecule has 0 saturated carbocycles. The first-order valence-electron chi connectivity index (χ1n) is 4.65. The van der Waals surface area contributed by atoms with Crippen molar-refractivity contribution in [1.82, 2.24) is 0 Å². The third-order valence-electron chi connectivity index (χ3n) is 2.13. The summed E-state index contributed by atoms with van der Waals surface area (Å²) in [5, 5.41) is 9.46. The van der Waals surface area contributed by atoms with Crippen LogP contribution in [0.1, 0.15) is 22.3 Å². The minimum Gasteiger partial charge on any atom is -0.388 e. The quantitative estimate of drug-likeness (QED) is 0.682. The second kappa shape index (κ2) is 5.37. The first kappa shape index (κ1) is 13.8. The van der Waals surface area contributed by atoms with Gasteiger partial charge >= 0.3 is 0 Å². The summed E-state index contributed by atoms with van der Waals surface area (Å²) in [5.41, 5.74) is 1.55. The van der Waals surface area contributed by atoms with Crippen molar-refractivity contribution in [2.45, 2.75) is 23.2 Å². The smallest absolute Gasteiger partial charge is 0.216 e. The molecule has 0 saturated heterocycles. The third kappa shape index (κ3) is 3.95. The highest BCUT2D eigenvalue weighted by Gasteiger charge is 2.32. The zero-order valence-corrected chi connectivity index (χ0v) is 10.9. The molecular weight excluding hydrogens is 270 g/mol. The summed E-state index contributed by atoms with van der Waals surface area (Å²) < 4.78 is -1.83. The molecule has 1 aromatic carbocycles.